The molecule has 2 amide bonds. The third-order valence-electron chi connectivity index (χ3n) is 6.55. The Hall–Kier alpha value is -4.04. The molecule has 8 nitrogen and oxygen atoms in total. The number of aromatic nitrogens is 3. The number of rotatable bonds is 6. The van der Waals surface area contributed by atoms with Gasteiger partial charge in [-0.1, -0.05) is 37.1 Å². The van der Waals surface area contributed by atoms with Gasteiger partial charge in [-0.05, 0) is 60.7 Å². The van der Waals surface area contributed by atoms with Crippen molar-refractivity contribution < 1.29 is 14.7 Å². The van der Waals surface area contributed by atoms with Gasteiger partial charge in [0.05, 0.1) is 23.4 Å². The summed E-state index contributed by atoms with van der Waals surface area (Å²) in [7, 11) is 0. The number of hydrogen-bond donors (Lipinski definition) is 3. The van der Waals surface area contributed by atoms with E-state index in [2.05, 4.69) is 15.4 Å². The Morgan fingerprint density at radius 1 is 1.09 bits per heavy atom. The van der Waals surface area contributed by atoms with Gasteiger partial charge < -0.3 is 16.2 Å². The molecule has 1 aliphatic carbocycles. The zero-order chi connectivity index (χ0) is 24.4. The highest BCUT2D eigenvalue weighted by Gasteiger charge is 2.25. The summed E-state index contributed by atoms with van der Waals surface area (Å²) in [6, 6.07) is 16.7. The first-order valence-corrected chi connectivity index (χ1v) is 11.8. The van der Waals surface area contributed by atoms with Crippen LogP contribution in [0, 0.1) is 0 Å². The topological polar surface area (TPSA) is 123 Å². The maximum atomic E-state index is 13.0. The van der Waals surface area contributed by atoms with Crippen molar-refractivity contribution >= 4 is 17.3 Å². The molecule has 1 fully saturated rings. The molecule has 0 unspecified atom stereocenters. The van der Waals surface area contributed by atoms with Crippen LogP contribution in [0.2, 0.25) is 0 Å². The van der Waals surface area contributed by atoms with Crippen LogP contribution in [0.5, 0.6) is 0 Å². The molecule has 3 aromatic heterocycles. The molecule has 3 heterocycles. The number of carbonyl (C=O) groups excluding carboxylic acids is 2. The molecule has 8 heteroatoms. The van der Waals surface area contributed by atoms with Crippen molar-refractivity contribution in [3.8, 4) is 11.3 Å². The molecular formula is C27H27N5O3. The number of nitrogens with two attached hydrogens (primary N) is 1. The highest BCUT2D eigenvalue weighted by atomic mass is 16.3. The number of aliphatic hydroxyl groups is 1. The molecule has 0 aliphatic heterocycles. The fraction of sp³-hybridized carbons (Fsp3) is 0.259. The quantitative estimate of drug-likeness (QED) is 0.400. The minimum atomic E-state index is -0.515. The first-order chi connectivity index (χ1) is 17.0. The number of nitrogens with zero attached hydrogens (tertiary/aromatic N) is 3. The monoisotopic (exact) mass is 469 g/mol. The minimum absolute atomic E-state index is 0.240. The molecule has 4 N–H and O–H groups in total. The van der Waals surface area contributed by atoms with Crippen molar-refractivity contribution in [1.82, 2.24) is 19.9 Å². The maximum Gasteiger partial charge on any atom is 0.272 e. The Balaban J connectivity index is 1.38. The van der Waals surface area contributed by atoms with Crippen LogP contribution >= 0.6 is 0 Å². The summed E-state index contributed by atoms with van der Waals surface area (Å²) < 4.78 is 1.72. The molecular weight excluding hydrogens is 442 g/mol. The standard InChI is InChI=1S/C27H27N5O3/c28-26(34)19-11-12-29-22(15-19)18-9-7-17(8-10-18)14-20-16-23(31-32-13-3-5-24(20)32)27(35)30-21-4-1-2-6-25(21)33/h3,5,7-13,15-16,21,25,33H,1-2,4,6,14H2,(H2,28,34)(H,30,35)/t21-,25-/m0/s1. The van der Waals surface area contributed by atoms with Gasteiger partial charge in [0.25, 0.3) is 5.91 Å². The highest BCUT2D eigenvalue weighted by Crippen LogP contribution is 2.23. The summed E-state index contributed by atoms with van der Waals surface area (Å²) in [5, 5.41) is 17.7. The number of hydrogen-bond acceptors (Lipinski definition) is 5. The zero-order valence-electron chi connectivity index (χ0n) is 19.2. The van der Waals surface area contributed by atoms with Crippen LogP contribution in [-0.4, -0.2) is 43.7 Å². The Kier molecular flexibility index (Phi) is 6.29. The largest absolute Gasteiger partial charge is 0.391 e. The van der Waals surface area contributed by atoms with Crippen molar-refractivity contribution in [2.75, 3.05) is 0 Å². The van der Waals surface area contributed by atoms with Crippen molar-refractivity contribution in [3.05, 3.63) is 89.4 Å². The predicted octanol–water partition coefficient (Wildman–Crippen LogP) is 3.12. The minimum Gasteiger partial charge on any atom is -0.391 e. The lowest BCUT2D eigenvalue weighted by Gasteiger charge is -2.28. The molecule has 35 heavy (non-hydrogen) atoms. The van der Waals surface area contributed by atoms with Crippen molar-refractivity contribution in [3.63, 3.8) is 0 Å². The van der Waals surface area contributed by atoms with E-state index in [0.717, 1.165) is 41.5 Å². The fourth-order valence-corrected chi connectivity index (χ4v) is 4.63. The van der Waals surface area contributed by atoms with Crippen molar-refractivity contribution in [2.45, 2.75) is 44.2 Å². The number of amides is 2. The first-order valence-electron chi connectivity index (χ1n) is 11.8. The van der Waals surface area contributed by atoms with Crippen LogP contribution in [0.3, 0.4) is 0 Å². The van der Waals surface area contributed by atoms with Gasteiger partial charge in [-0.3, -0.25) is 14.6 Å². The van der Waals surface area contributed by atoms with E-state index < -0.39 is 12.0 Å². The van der Waals surface area contributed by atoms with Gasteiger partial charge in [-0.25, -0.2) is 4.52 Å². The molecule has 0 radical (unpaired) electrons. The smallest absolute Gasteiger partial charge is 0.272 e. The molecule has 0 bridgehead atoms. The van der Waals surface area contributed by atoms with Gasteiger partial charge in [0.1, 0.15) is 5.69 Å². The normalized spacial score (nSPS) is 17.9. The number of primary amides is 1. The van der Waals surface area contributed by atoms with E-state index in [0.29, 0.717) is 29.8 Å². The van der Waals surface area contributed by atoms with Crippen molar-refractivity contribution in [1.29, 1.82) is 0 Å². The SMILES string of the molecule is NC(=O)c1ccnc(-c2ccc(Cc3cc(C(=O)N[C@H]4CCCC[C@@H]4O)nn4cccc34)cc2)c1. The van der Waals surface area contributed by atoms with Crippen LogP contribution in [0.1, 0.15) is 57.7 Å². The number of carbonyl (C=O) groups is 2. The van der Waals surface area contributed by atoms with E-state index in [-0.39, 0.29) is 11.9 Å². The molecule has 1 aromatic carbocycles. The van der Waals surface area contributed by atoms with Crippen LogP contribution in [0.15, 0.2) is 67.0 Å². The van der Waals surface area contributed by atoms with Crippen LogP contribution in [0.4, 0.5) is 0 Å². The highest BCUT2D eigenvalue weighted by molar-refractivity contribution is 5.94. The first kappa shape index (κ1) is 22.7. The lowest BCUT2D eigenvalue weighted by molar-refractivity contribution is 0.0712. The lowest BCUT2D eigenvalue weighted by Crippen LogP contribution is -2.45. The number of pyridine rings is 1. The number of aliphatic hydroxyl groups excluding tert-OH is 1. The van der Waals surface area contributed by atoms with Crippen LogP contribution in [0.25, 0.3) is 16.8 Å². The average molecular weight is 470 g/mol. The van der Waals surface area contributed by atoms with E-state index in [1.807, 2.05) is 48.7 Å². The van der Waals surface area contributed by atoms with E-state index >= 15 is 0 Å². The third kappa shape index (κ3) is 4.93. The second-order valence-electron chi connectivity index (χ2n) is 8.99. The average Bonchev–Trinajstić information content (AvgIpc) is 3.35. The Morgan fingerprint density at radius 3 is 2.66 bits per heavy atom. The van der Waals surface area contributed by atoms with Gasteiger partial charge in [0, 0.05) is 23.5 Å². The van der Waals surface area contributed by atoms with Crippen molar-refractivity contribution in [2.24, 2.45) is 5.73 Å². The van der Waals surface area contributed by atoms with E-state index in [9.17, 15) is 14.7 Å². The lowest BCUT2D eigenvalue weighted by atomic mass is 9.92. The molecule has 2 atom stereocenters. The van der Waals surface area contributed by atoms with Crippen LogP contribution in [-0.2, 0) is 6.42 Å². The van der Waals surface area contributed by atoms with Gasteiger partial charge in [-0.2, -0.15) is 5.10 Å². The van der Waals surface area contributed by atoms with E-state index in [1.165, 1.54) is 0 Å². The predicted molar refractivity (Wildman–Crippen MR) is 132 cm³/mol. The molecule has 0 saturated heterocycles. The third-order valence-corrected chi connectivity index (χ3v) is 6.55. The maximum absolute atomic E-state index is 13.0. The summed E-state index contributed by atoms with van der Waals surface area (Å²) in [5.74, 6) is -0.763. The van der Waals surface area contributed by atoms with E-state index in [4.69, 9.17) is 5.73 Å². The summed E-state index contributed by atoms with van der Waals surface area (Å²) in [6.07, 6.45) is 6.95. The number of fused-ring (bicyclic) bond motifs is 1. The molecule has 1 aliphatic rings. The van der Waals surface area contributed by atoms with Crippen LogP contribution < -0.4 is 11.1 Å². The molecule has 0 spiro atoms. The summed E-state index contributed by atoms with van der Waals surface area (Å²) >= 11 is 0. The molecule has 4 aromatic rings. The summed E-state index contributed by atoms with van der Waals surface area (Å²) in [5.41, 5.74) is 10.6. The number of nitrogens with one attached hydrogen (secondary N) is 1. The molecule has 5 rings (SSSR count). The van der Waals surface area contributed by atoms with Gasteiger partial charge in [0.2, 0.25) is 5.91 Å². The second-order valence-corrected chi connectivity index (χ2v) is 8.99. The summed E-state index contributed by atoms with van der Waals surface area (Å²) in [6.45, 7) is 0. The Morgan fingerprint density at radius 2 is 1.89 bits per heavy atom. The number of benzene rings is 1. The zero-order valence-corrected chi connectivity index (χ0v) is 19.2. The van der Waals surface area contributed by atoms with Gasteiger partial charge >= 0.3 is 0 Å². The van der Waals surface area contributed by atoms with Gasteiger partial charge in [-0.15, -0.1) is 0 Å². The van der Waals surface area contributed by atoms with E-state index in [1.54, 1.807) is 22.8 Å². The fourth-order valence-electron chi connectivity index (χ4n) is 4.63. The molecule has 1 saturated carbocycles. The summed E-state index contributed by atoms with van der Waals surface area (Å²) in [4.78, 5) is 28.8. The van der Waals surface area contributed by atoms with Gasteiger partial charge in [0.15, 0.2) is 0 Å². The second kappa shape index (κ2) is 9.68. The molecule has 178 valence electrons. The Labute approximate surface area is 202 Å². The Bertz CT molecular complexity index is 1380.